The summed E-state index contributed by atoms with van der Waals surface area (Å²) in [5, 5.41) is 2.51. The number of benzene rings is 1. The van der Waals surface area contributed by atoms with Crippen LogP contribution in [0.4, 0.5) is 18.9 Å². The molecule has 25 heavy (non-hydrogen) atoms. The minimum atomic E-state index is -4.51. The van der Waals surface area contributed by atoms with Crippen molar-refractivity contribution in [2.45, 2.75) is 6.18 Å². The first-order valence-corrected chi connectivity index (χ1v) is 7.83. The minimum Gasteiger partial charge on any atom is -0.489 e. The number of anilines is 1. The predicted molar refractivity (Wildman–Crippen MR) is 84.7 cm³/mol. The summed E-state index contributed by atoms with van der Waals surface area (Å²) in [5.41, 5.74) is -0.863. The van der Waals surface area contributed by atoms with Gasteiger partial charge in [-0.3, -0.25) is 9.69 Å². The summed E-state index contributed by atoms with van der Waals surface area (Å²) >= 11 is 0. The second-order valence-corrected chi connectivity index (χ2v) is 5.49. The Morgan fingerprint density at radius 2 is 2.00 bits per heavy atom. The van der Waals surface area contributed by atoms with E-state index in [0.717, 1.165) is 12.1 Å². The number of carbonyl (C=O) groups excluding carboxylic acids is 1. The lowest BCUT2D eigenvalue weighted by molar-refractivity contribution is -0.137. The van der Waals surface area contributed by atoms with Gasteiger partial charge in [-0.2, -0.15) is 13.2 Å². The third-order valence-corrected chi connectivity index (χ3v) is 3.60. The standard InChI is InChI=1S/C16H21F3N2O4/c1-23-8-9-25-14-3-2-12(16(17,18)19)10-13(14)20-15(22)11-21-4-6-24-7-5-21/h2-3,10H,4-9,11H2,1H3,(H,20,22). The van der Waals surface area contributed by atoms with Crippen molar-refractivity contribution in [2.24, 2.45) is 0 Å². The highest BCUT2D eigenvalue weighted by molar-refractivity contribution is 5.93. The first-order valence-electron chi connectivity index (χ1n) is 7.83. The van der Waals surface area contributed by atoms with Crippen molar-refractivity contribution in [3.63, 3.8) is 0 Å². The molecule has 1 aromatic rings. The first-order chi connectivity index (χ1) is 11.9. The lowest BCUT2D eigenvalue weighted by Crippen LogP contribution is -2.41. The summed E-state index contributed by atoms with van der Waals surface area (Å²) in [7, 11) is 1.49. The van der Waals surface area contributed by atoms with E-state index in [1.807, 2.05) is 4.90 Å². The van der Waals surface area contributed by atoms with Gasteiger partial charge in [0.25, 0.3) is 0 Å². The third-order valence-electron chi connectivity index (χ3n) is 3.60. The minimum absolute atomic E-state index is 0.0100. The van der Waals surface area contributed by atoms with E-state index in [4.69, 9.17) is 14.2 Å². The van der Waals surface area contributed by atoms with E-state index in [9.17, 15) is 18.0 Å². The molecule has 1 amide bonds. The summed E-state index contributed by atoms with van der Waals surface area (Å²) in [4.78, 5) is 14.0. The molecule has 0 spiro atoms. The van der Waals surface area contributed by atoms with E-state index in [-0.39, 0.29) is 31.2 Å². The van der Waals surface area contributed by atoms with E-state index in [1.165, 1.54) is 13.2 Å². The van der Waals surface area contributed by atoms with E-state index >= 15 is 0 Å². The summed E-state index contributed by atoms with van der Waals surface area (Å²) in [6.45, 7) is 2.79. The van der Waals surface area contributed by atoms with Crippen LogP contribution in [0.25, 0.3) is 0 Å². The monoisotopic (exact) mass is 362 g/mol. The fourth-order valence-corrected chi connectivity index (χ4v) is 2.32. The molecule has 0 saturated carbocycles. The molecular weight excluding hydrogens is 341 g/mol. The van der Waals surface area contributed by atoms with Gasteiger partial charge in [-0.25, -0.2) is 0 Å². The van der Waals surface area contributed by atoms with Crippen molar-refractivity contribution in [3.8, 4) is 5.75 Å². The summed E-state index contributed by atoms with van der Waals surface area (Å²) < 4.78 is 54.2. The van der Waals surface area contributed by atoms with Crippen LogP contribution in [0.1, 0.15) is 5.56 Å². The molecule has 2 rings (SSSR count). The highest BCUT2D eigenvalue weighted by Crippen LogP contribution is 2.35. The van der Waals surface area contributed by atoms with E-state index < -0.39 is 17.6 Å². The second kappa shape index (κ2) is 9.02. The van der Waals surface area contributed by atoms with Gasteiger partial charge in [-0.1, -0.05) is 0 Å². The zero-order valence-corrected chi connectivity index (χ0v) is 13.9. The third kappa shape index (κ3) is 6.18. The van der Waals surface area contributed by atoms with Gasteiger partial charge in [-0.05, 0) is 18.2 Å². The zero-order valence-electron chi connectivity index (χ0n) is 13.9. The number of hydrogen-bond donors (Lipinski definition) is 1. The maximum Gasteiger partial charge on any atom is 0.416 e. The average Bonchev–Trinajstić information content (AvgIpc) is 2.56. The van der Waals surface area contributed by atoms with Crippen LogP contribution >= 0.6 is 0 Å². The molecule has 6 nitrogen and oxygen atoms in total. The second-order valence-electron chi connectivity index (χ2n) is 5.49. The molecule has 1 heterocycles. The van der Waals surface area contributed by atoms with Crippen LogP contribution in [-0.2, 0) is 20.4 Å². The largest absolute Gasteiger partial charge is 0.489 e. The highest BCUT2D eigenvalue weighted by atomic mass is 19.4. The molecule has 1 saturated heterocycles. The van der Waals surface area contributed by atoms with Crippen LogP contribution in [0.5, 0.6) is 5.75 Å². The van der Waals surface area contributed by atoms with Gasteiger partial charge in [0.2, 0.25) is 5.91 Å². The van der Waals surface area contributed by atoms with Crippen LogP contribution in [-0.4, -0.2) is 64.0 Å². The topological polar surface area (TPSA) is 60.0 Å². The molecule has 0 atom stereocenters. The van der Waals surface area contributed by atoms with Crippen molar-refractivity contribution >= 4 is 11.6 Å². The van der Waals surface area contributed by atoms with Gasteiger partial charge in [0.05, 0.1) is 37.6 Å². The van der Waals surface area contributed by atoms with E-state index in [1.54, 1.807) is 0 Å². The Balaban J connectivity index is 2.09. The average molecular weight is 362 g/mol. The van der Waals surface area contributed by atoms with Crippen LogP contribution in [0.3, 0.4) is 0 Å². The van der Waals surface area contributed by atoms with Crippen LogP contribution < -0.4 is 10.1 Å². The molecule has 1 aliphatic rings. The Bertz CT molecular complexity index is 575. The molecule has 1 aromatic carbocycles. The Labute approximate surface area is 143 Å². The van der Waals surface area contributed by atoms with Crippen LogP contribution in [0.15, 0.2) is 18.2 Å². The number of halogens is 3. The number of hydrogen-bond acceptors (Lipinski definition) is 5. The van der Waals surface area contributed by atoms with Crippen molar-refractivity contribution in [1.82, 2.24) is 4.90 Å². The van der Waals surface area contributed by atoms with Crippen molar-refractivity contribution in [3.05, 3.63) is 23.8 Å². The molecule has 0 aromatic heterocycles. The first kappa shape index (κ1) is 19.5. The summed E-state index contributed by atoms with van der Waals surface area (Å²) in [5.74, 6) is -0.238. The maximum atomic E-state index is 12.9. The Kier molecular flexibility index (Phi) is 7.03. The lowest BCUT2D eigenvalue weighted by atomic mass is 10.1. The molecule has 1 N–H and O–H groups in total. The van der Waals surface area contributed by atoms with Crippen LogP contribution in [0, 0.1) is 0 Å². The number of rotatable bonds is 7. The summed E-state index contributed by atoms with van der Waals surface area (Å²) in [6.07, 6.45) is -4.51. The Morgan fingerprint density at radius 3 is 2.64 bits per heavy atom. The molecule has 1 fully saturated rings. The van der Waals surface area contributed by atoms with Crippen LogP contribution in [0.2, 0.25) is 0 Å². The van der Waals surface area contributed by atoms with E-state index in [2.05, 4.69) is 5.32 Å². The van der Waals surface area contributed by atoms with E-state index in [0.29, 0.717) is 26.3 Å². The number of alkyl halides is 3. The van der Waals surface area contributed by atoms with Gasteiger partial charge in [0.15, 0.2) is 0 Å². The summed E-state index contributed by atoms with van der Waals surface area (Å²) in [6, 6.07) is 2.99. The van der Waals surface area contributed by atoms with Crippen molar-refractivity contribution < 1.29 is 32.2 Å². The normalized spacial score (nSPS) is 15.8. The van der Waals surface area contributed by atoms with Gasteiger partial charge < -0.3 is 19.5 Å². The van der Waals surface area contributed by atoms with Gasteiger partial charge in [0, 0.05) is 20.2 Å². The van der Waals surface area contributed by atoms with Gasteiger partial charge >= 0.3 is 6.18 Å². The molecule has 0 radical (unpaired) electrons. The molecule has 0 unspecified atom stereocenters. The number of nitrogens with one attached hydrogen (secondary N) is 1. The highest BCUT2D eigenvalue weighted by Gasteiger charge is 2.31. The Hall–Kier alpha value is -1.84. The number of amides is 1. The number of morpholine rings is 1. The SMILES string of the molecule is COCCOc1ccc(C(F)(F)F)cc1NC(=O)CN1CCOCC1. The maximum absolute atomic E-state index is 12.9. The molecular formula is C16H21F3N2O4. The molecule has 0 aliphatic carbocycles. The zero-order chi connectivity index (χ0) is 18.3. The van der Waals surface area contributed by atoms with Crippen molar-refractivity contribution in [1.29, 1.82) is 0 Å². The Morgan fingerprint density at radius 1 is 1.28 bits per heavy atom. The number of nitrogens with zero attached hydrogens (tertiary/aromatic N) is 1. The fraction of sp³-hybridized carbons (Fsp3) is 0.562. The molecule has 0 bridgehead atoms. The van der Waals surface area contributed by atoms with Crippen molar-refractivity contribution in [2.75, 3.05) is 58.5 Å². The smallest absolute Gasteiger partial charge is 0.416 e. The lowest BCUT2D eigenvalue weighted by Gasteiger charge is -2.26. The fourth-order valence-electron chi connectivity index (χ4n) is 2.32. The number of ether oxygens (including phenoxy) is 3. The number of carbonyl (C=O) groups is 1. The quantitative estimate of drug-likeness (QED) is 0.752. The van der Waals surface area contributed by atoms with Gasteiger partial charge in [-0.15, -0.1) is 0 Å². The molecule has 140 valence electrons. The predicted octanol–water partition coefficient (Wildman–Crippen LogP) is 2.00. The number of methoxy groups -OCH3 is 1. The molecule has 1 aliphatic heterocycles. The molecule has 9 heteroatoms. The van der Waals surface area contributed by atoms with Gasteiger partial charge in [0.1, 0.15) is 12.4 Å².